The predicted molar refractivity (Wildman–Crippen MR) is 88.8 cm³/mol. The Morgan fingerprint density at radius 2 is 1.12 bits per heavy atom. The molecule has 2 heteroatoms. The van der Waals surface area contributed by atoms with E-state index < -0.39 is 0 Å². The van der Waals surface area contributed by atoms with Gasteiger partial charge in [-0.15, -0.1) is 15.8 Å². The van der Waals surface area contributed by atoms with Crippen molar-refractivity contribution in [3.63, 3.8) is 0 Å². The Morgan fingerprint density at radius 3 is 1.47 bits per heavy atom. The van der Waals surface area contributed by atoms with E-state index in [2.05, 4.69) is 34.6 Å². The summed E-state index contributed by atoms with van der Waals surface area (Å²) in [5, 5.41) is 0. The molecule has 0 amide bonds. The van der Waals surface area contributed by atoms with E-state index in [0.29, 0.717) is 15.8 Å². The van der Waals surface area contributed by atoms with Crippen molar-refractivity contribution in [1.82, 2.24) is 0 Å². The zero-order valence-electron chi connectivity index (χ0n) is 12.8. The minimum absolute atomic E-state index is 0.340. The highest BCUT2D eigenvalue weighted by atomic mass is 31.1. The molecule has 0 fully saturated rings. The molecule has 0 saturated heterocycles. The first kappa shape index (κ1) is 17.9. The summed E-state index contributed by atoms with van der Waals surface area (Å²) in [7, 11) is 0.702. The Bertz CT molecular complexity index is 147. The van der Waals surface area contributed by atoms with Crippen molar-refractivity contribution in [2.45, 2.75) is 66.0 Å². The minimum Gasteiger partial charge on any atom is -0.106 e. The van der Waals surface area contributed by atoms with Crippen molar-refractivity contribution in [2.75, 3.05) is 30.8 Å². The highest BCUT2D eigenvalue weighted by molar-refractivity contribution is 7.62. The van der Waals surface area contributed by atoms with Gasteiger partial charge in [-0.1, -0.05) is 60.3 Å². The summed E-state index contributed by atoms with van der Waals surface area (Å²) in [4.78, 5) is 0. The van der Waals surface area contributed by atoms with Gasteiger partial charge in [0.05, 0.1) is 0 Å². The molecule has 0 aliphatic carbocycles. The van der Waals surface area contributed by atoms with Gasteiger partial charge in [-0.3, -0.25) is 0 Å². The van der Waals surface area contributed by atoms with Gasteiger partial charge in [-0.25, -0.2) is 0 Å². The van der Waals surface area contributed by atoms with E-state index in [1.807, 2.05) is 0 Å². The van der Waals surface area contributed by atoms with Crippen molar-refractivity contribution in [3.05, 3.63) is 0 Å². The van der Waals surface area contributed by atoms with Gasteiger partial charge >= 0.3 is 0 Å². The lowest BCUT2D eigenvalue weighted by Gasteiger charge is -2.28. The smallest absolute Gasteiger partial charge is 0.0198 e. The molecule has 1 unspecified atom stereocenters. The molecular formula is C15H34P2. The van der Waals surface area contributed by atoms with E-state index in [4.69, 9.17) is 0 Å². The second-order valence-corrected chi connectivity index (χ2v) is 10.7. The zero-order valence-corrected chi connectivity index (χ0v) is 14.6. The number of hydrogen-bond acceptors (Lipinski definition) is 0. The van der Waals surface area contributed by atoms with Crippen LogP contribution in [-0.2, 0) is 0 Å². The first-order chi connectivity index (χ1) is 8.19. The van der Waals surface area contributed by atoms with E-state index in [-0.39, 0.29) is 0 Å². The van der Waals surface area contributed by atoms with Crippen LogP contribution >= 0.6 is 15.8 Å². The fourth-order valence-corrected chi connectivity index (χ4v) is 9.01. The van der Waals surface area contributed by atoms with Crippen LogP contribution in [0.3, 0.4) is 0 Å². The Balaban J connectivity index is 4.16. The van der Waals surface area contributed by atoms with Gasteiger partial charge in [-0.05, 0) is 36.5 Å². The average molecular weight is 276 g/mol. The molecule has 0 aliphatic rings. The van der Waals surface area contributed by atoms with Gasteiger partial charge in [-0.2, -0.15) is 0 Å². The standard InChI is InChI=1S/C15H34P2/c1-6-10-16(11-7-2)14-15(5)17(12-8-3)13-9-4/h15H,6-14H2,1-5H3. The molecule has 0 nitrogen and oxygen atoms in total. The summed E-state index contributed by atoms with van der Waals surface area (Å²) in [6.07, 6.45) is 13.3. The van der Waals surface area contributed by atoms with Crippen LogP contribution in [0.1, 0.15) is 60.3 Å². The van der Waals surface area contributed by atoms with Crippen molar-refractivity contribution in [1.29, 1.82) is 0 Å². The monoisotopic (exact) mass is 276 g/mol. The van der Waals surface area contributed by atoms with Crippen LogP contribution in [0.5, 0.6) is 0 Å². The van der Waals surface area contributed by atoms with Gasteiger partial charge in [0.2, 0.25) is 0 Å². The molecule has 104 valence electrons. The van der Waals surface area contributed by atoms with Crippen LogP contribution in [0.4, 0.5) is 0 Å². The van der Waals surface area contributed by atoms with E-state index in [9.17, 15) is 0 Å². The maximum absolute atomic E-state index is 2.55. The summed E-state index contributed by atoms with van der Waals surface area (Å²) in [5.41, 5.74) is 1.04. The Hall–Kier alpha value is 0.860. The van der Waals surface area contributed by atoms with Crippen LogP contribution in [0.25, 0.3) is 0 Å². The molecule has 0 aromatic rings. The molecular weight excluding hydrogens is 242 g/mol. The summed E-state index contributed by atoms with van der Waals surface area (Å²) >= 11 is 0. The number of rotatable bonds is 11. The molecule has 0 spiro atoms. The summed E-state index contributed by atoms with van der Waals surface area (Å²) in [6, 6.07) is 0. The van der Waals surface area contributed by atoms with E-state index in [0.717, 1.165) is 5.66 Å². The Morgan fingerprint density at radius 1 is 0.706 bits per heavy atom. The third-order valence-corrected chi connectivity index (χ3v) is 10.2. The van der Waals surface area contributed by atoms with Crippen LogP contribution in [0.2, 0.25) is 0 Å². The molecule has 0 bridgehead atoms. The van der Waals surface area contributed by atoms with E-state index >= 15 is 0 Å². The van der Waals surface area contributed by atoms with Crippen LogP contribution in [0, 0.1) is 0 Å². The second kappa shape index (κ2) is 11.9. The fourth-order valence-electron chi connectivity index (χ4n) is 2.54. The summed E-state index contributed by atoms with van der Waals surface area (Å²) < 4.78 is 0. The van der Waals surface area contributed by atoms with Crippen molar-refractivity contribution in [2.24, 2.45) is 0 Å². The molecule has 0 aromatic heterocycles. The van der Waals surface area contributed by atoms with Crippen LogP contribution < -0.4 is 0 Å². The lowest BCUT2D eigenvalue weighted by atomic mass is 10.5. The average Bonchev–Trinajstić information content (AvgIpc) is 2.29. The number of hydrogen-bond donors (Lipinski definition) is 0. The van der Waals surface area contributed by atoms with Gasteiger partial charge in [0.15, 0.2) is 0 Å². The Labute approximate surface area is 113 Å². The minimum atomic E-state index is 0.340. The third kappa shape index (κ3) is 8.56. The molecule has 0 radical (unpaired) electrons. The SMILES string of the molecule is CCCP(CCC)CC(C)P(CCC)CCC. The highest BCUT2D eigenvalue weighted by Gasteiger charge is 2.18. The Kier molecular flexibility index (Phi) is 12.5. The van der Waals surface area contributed by atoms with Gasteiger partial charge in [0.1, 0.15) is 0 Å². The van der Waals surface area contributed by atoms with E-state index in [1.165, 1.54) is 50.3 Å². The quantitative estimate of drug-likeness (QED) is 0.407. The van der Waals surface area contributed by atoms with Gasteiger partial charge in [0.25, 0.3) is 0 Å². The normalized spacial score (nSPS) is 13.6. The lowest BCUT2D eigenvalue weighted by molar-refractivity contribution is 0.983. The largest absolute Gasteiger partial charge is 0.106 e. The van der Waals surface area contributed by atoms with Crippen molar-refractivity contribution in [3.8, 4) is 0 Å². The first-order valence-corrected chi connectivity index (χ1v) is 11.3. The fraction of sp³-hybridized carbons (Fsp3) is 1.00. The molecule has 1 atom stereocenters. The van der Waals surface area contributed by atoms with Gasteiger partial charge < -0.3 is 0 Å². The van der Waals surface area contributed by atoms with Crippen LogP contribution in [-0.4, -0.2) is 36.5 Å². The molecule has 0 N–H and O–H groups in total. The zero-order chi connectivity index (χ0) is 13.1. The summed E-state index contributed by atoms with van der Waals surface area (Å²) in [5.74, 6) is 0. The van der Waals surface area contributed by atoms with Crippen molar-refractivity contribution >= 4 is 15.8 Å². The maximum Gasteiger partial charge on any atom is -0.0198 e. The first-order valence-electron chi connectivity index (χ1n) is 7.65. The van der Waals surface area contributed by atoms with Crippen LogP contribution in [0.15, 0.2) is 0 Å². The maximum atomic E-state index is 2.55. The highest BCUT2D eigenvalue weighted by Crippen LogP contribution is 2.49. The third-order valence-electron chi connectivity index (χ3n) is 3.25. The second-order valence-electron chi connectivity index (χ2n) is 5.19. The predicted octanol–water partition coefficient (Wildman–Crippen LogP) is 5.98. The molecule has 0 saturated carbocycles. The molecule has 17 heavy (non-hydrogen) atoms. The molecule has 0 rings (SSSR count). The molecule has 0 aromatic carbocycles. The molecule has 0 heterocycles. The van der Waals surface area contributed by atoms with Gasteiger partial charge in [0, 0.05) is 0 Å². The lowest BCUT2D eigenvalue weighted by Crippen LogP contribution is -2.11. The van der Waals surface area contributed by atoms with Crippen molar-refractivity contribution < 1.29 is 0 Å². The van der Waals surface area contributed by atoms with E-state index in [1.54, 1.807) is 6.16 Å². The topological polar surface area (TPSA) is 0 Å². The molecule has 0 aliphatic heterocycles. The summed E-state index contributed by atoms with van der Waals surface area (Å²) in [6.45, 7) is 12.0.